The predicted octanol–water partition coefficient (Wildman–Crippen LogP) is 11.4. The summed E-state index contributed by atoms with van der Waals surface area (Å²) in [5.41, 5.74) is 5.38. The molecule has 0 saturated carbocycles. The van der Waals surface area contributed by atoms with E-state index in [9.17, 15) is 13.2 Å². The Labute approximate surface area is 239 Å². The average Bonchev–Trinajstić information content (AvgIpc) is 2.99. The fourth-order valence-corrected chi connectivity index (χ4v) is 6.72. The topological polar surface area (TPSA) is 9.23 Å². The quantitative estimate of drug-likeness (QED) is 0.156. The van der Waals surface area contributed by atoms with Crippen molar-refractivity contribution in [3.05, 3.63) is 127 Å². The Morgan fingerprint density at radius 1 is 0.476 bits per heavy atom. The van der Waals surface area contributed by atoms with E-state index in [-0.39, 0.29) is 5.75 Å². The zero-order valence-corrected chi connectivity index (χ0v) is 22.6. The highest BCUT2D eigenvalue weighted by atomic mass is 19.4. The number of hydrogen-bond acceptors (Lipinski definition) is 1. The summed E-state index contributed by atoms with van der Waals surface area (Å²) in [5.74, 6) is -0.236. The van der Waals surface area contributed by atoms with Crippen LogP contribution in [-0.4, -0.2) is 6.36 Å². The highest BCUT2D eigenvalue weighted by molar-refractivity contribution is 6.29. The van der Waals surface area contributed by atoms with Crippen molar-refractivity contribution in [3.63, 3.8) is 0 Å². The smallest absolute Gasteiger partial charge is 0.406 e. The van der Waals surface area contributed by atoms with Crippen LogP contribution in [0.1, 0.15) is 5.56 Å². The molecule has 8 aromatic rings. The molecule has 0 amide bonds. The van der Waals surface area contributed by atoms with Gasteiger partial charge in [0, 0.05) is 0 Å². The van der Waals surface area contributed by atoms with E-state index in [1.54, 1.807) is 12.1 Å². The van der Waals surface area contributed by atoms with Crippen LogP contribution in [0.15, 0.2) is 121 Å². The lowest BCUT2D eigenvalue weighted by Gasteiger charge is -2.20. The fraction of sp³-hybridized carbons (Fsp3) is 0.0526. The first kappa shape index (κ1) is 24.7. The number of ether oxygens (including phenoxy) is 1. The standard InChI is InChI=1S/C38H23F3O/c1-22-10-11-24-15-20-32-33(21-16-25-14-19-27(22)35(24)36(25)32)37-30-8-4-2-6-28(30)34(29-7-3-5-9-31(29)37)23-12-17-26(18-13-23)42-38(39,40)41/h2-21H,1H3. The van der Waals surface area contributed by atoms with E-state index in [0.717, 1.165) is 43.8 Å². The van der Waals surface area contributed by atoms with E-state index in [1.807, 2.05) is 24.3 Å². The Balaban J connectivity index is 1.45. The van der Waals surface area contributed by atoms with Crippen molar-refractivity contribution in [2.24, 2.45) is 0 Å². The number of fused-ring (bicyclic) bond motifs is 2. The van der Waals surface area contributed by atoms with Gasteiger partial charge in [0.05, 0.1) is 0 Å². The van der Waals surface area contributed by atoms with Crippen molar-refractivity contribution in [1.82, 2.24) is 0 Å². The molecule has 0 aliphatic carbocycles. The second kappa shape index (κ2) is 8.95. The summed E-state index contributed by atoms with van der Waals surface area (Å²) in [6.45, 7) is 2.16. The van der Waals surface area contributed by atoms with E-state index in [0.29, 0.717) is 0 Å². The van der Waals surface area contributed by atoms with Gasteiger partial charge in [-0.05, 0) is 101 Å². The van der Waals surface area contributed by atoms with Crippen molar-refractivity contribution in [2.75, 3.05) is 0 Å². The van der Waals surface area contributed by atoms with Crippen LogP contribution >= 0.6 is 0 Å². The van der Waals surface area contributed by atoms with Gasteiger partial charge in [-0.25, -0.2) is 0 Å². The van der Waals surface area contributed by atoms with Crippen LogP contribution in [0.5, 0.6) is 5.75 Å². The van der Waals surface area contributed by atoms with Crippen LogP contribution in [-0.2, 0) is 0 Å². The lowest BCUT2D eigenvalue weighted by Crippen LogP contribution is -2.16. The van der Waals surface area contributed by atoms with Gasteiger partial charge in [0.15, 0.2) is 0 Å². The molecule has 0 aliphatic rings. The zero-order chi connectivity index (χ0) is 28.6. The summed E-state index contributed by atoms with van der Waals surface area (Å²) in [5, 5.41) is 11.7. The Kier molecular flexibility index (Phi) is 5.26. The van der Waals surface area contributed by atoms with Gasteiger partial charge < -0.3 is 4.74 Å². The Morgan fingerprint density at radius 3 is 1.57 bits per heavy atom. The maximum Gasteiger partial charge on any atom is 0.573 e. The lowest BCUT2D eigenvalue weighted by atomic mass is 9.83. The third kappa shape index (κ3) is 3.72. The molecule has 4 heteroatoms. The molecule has 8 rings (SSSR count). The van der Waals surface area contributed by atoms with Gasteiger partial charge in [0.2, 0.25) is 0 Å². The van der Waals surface area contributed by atoms with E-state index in [1.165, 1.54) is 50.0 Å². The molecule has 0 aliphatic heterocycles. The van der Waals surface area contributed by atoms with E-state index in [4.69, 9.17) is 0 Å². The fourth-order valence-electron chi connectivity index (χ4n) is 6.72. The van der Waals surface area contributed by atoms with Gasteiger partial charge in [-0.15, -0.1) is 13.2 Å². The van der Waals surface area contributed by atoms with Gasteiger partial charge in [-0.3, -0.25) is 0 Å². The van der Waals surface area contributed by atoms with E-state index < -0.39 is 6.36 Å². The monoisotopic (exact) mass is 552 g/mol. The highest BCUT2D eigenvalue weighted by Gasteiger charge is 2.31. The summed E-state index contributed by atoms with van der Waals surface area (Å²) in [7, 11) is 0. The number of aryl methyl sites for hydroxylation is 1. The first-order chi connectivity index (χ1) is 20.4. The summed E-state index contributed by atoms with van der Waals surface area (Å²) in [6, 6.07) is 40.5. The maximum absolute atomic E-state index is 12.8. The van der Waals surface area contributed by atoms with Crippen LogP contribution in [0, 0.1) is 6.92 Å². The molecule has 0 bridgehead atoms. The molecular weight excluding hydrogens is 529 g/mol. The van der Waals surface area contributed by atoms with Crippen molar-refractivity contribution in [2.45, 2.75) is 13.3 Å². The van der Waals surface area contributed by atoms with Gasteiger partial charge in [-0.1, -0.05) is 109 Å². The number of rotatable bonds is 3. The molecule has 1 nitrogen and oxygen atoms in total. The van der Waals surface area contributed by atoms with Crippen LogP contribution < -0.4 is 4.74 Å². The largest absolute Gasteiger partial charge is 0.573 e. The molecule has 0 heterocycles. The Bertz CT molecular complexity index is 2260. The molecular formula is C38H23F3O. The summed E-state index contributed by atoms with van der Waals surface area (Å²) in [6.07, 6.45) is -4.73. The van der Waals surface area contributed by atoms with Crippen molar-refractivity contribution >= 4 is 53.9 Å². The minimum atomic E-state index is -4.73. The molecule has 202 valence electrons. The molecule has 0 radical (unpaired) electrons. The molecule has 42 heavy (non-hydrogen) atoms. The van der Waals surface area contributed by atoms with Crippen LogP contribution in [0.4, 0.5) is 13.2 Å². The minimum absolute atomic E-state index is 0.236. The number of hydrogen-bond donors (Lipinski definition) is 0. The average molecular weight is 553 g/mol. The van der Waals surface area contributed by atoms with Crippen molar-refractivity contribution in [3.8, 4) is 28.0 Å². The number of halogens is 3. The van der Waals surface area contributed by atoms with Crippen LogP contribution in [0.2, 0.25) is 0 Å². The number of benzene rings is 8. The lowest BCUT2D eigenvalue weighted by molar-refractivity contribution is -0.274. The highest BCUT2D eigenvalue weighted by Crippen LogP contribution is 2.47. The maximum atomic E-state index is 12.8. The third-order valence-electron chi connectivity index (χ3n) is 8.46. The molecule has 0 aromatic heterocycles. The minimum Gasteiger partial charge on any atom is -0.406 e. The summed E-state index contributed by atoms with van der Waals surface area (Å²) >= 11 is 0. The van der Waals surface area contributed by atoms with Gasteiger partial charge in [0.1, 0.15) is 5.75 Å². The van der Waals surface area contributed by atoms with Gasteiger partial charge in [-0.2, -0.15) is 0 Å². The first-order valence-corrected chi connectivity index (χ1v) is 13.8. The van der Waals surface area contributed by atoms with Crippen molar-refractivity contribution in [1.29, 1.82) is 0 Å². The van der Waals surface area contributed by atoms with E-state index in [2.05, 4.69) is 84.5 Å². The Hall–Kier alpha value is -5.09. The molecule has 0 saturated heterocycles. The summed E-state index contributed by atoms with van der Waals surface area (Å²) < 4.78 is 42.6. The van der Waals surface area contributed by atoms with Crippen molar-refractivity contribution < 1.29 is 17.9 Å². The zero-order valence-electron chi connectivity index (χ0n) is 22.6. The predicted molar refractivity (Wildman–Crippen MR) is 167 cm³/mol. The molecule has 0 unspecified atom stereocenters. The second-order valence-electron chi connectivity index (χ2n) is 10.8. The van der Waals surface area contributed by atoms with Crippen LogP contribution in [0.3, 0.4) is 0 Å². The Morgan fingerprint density at radius 2 is 0.976 bits per heavy atom. The second-order valence-corrected chi connectivity index (χ2v) is 10.8. The van der Waals surface area contributed by atoms with Crippen LogP contribution in [0.25, 0.3) is 76.1 Å². The molecule has 0 N–H and O–H groups in total. The third-order valence-corrected chi connectivity index (χ3v) is 8.46. The van der Waals surface area contributed by atoms with E-state index >= 15 is 0 Å². The van der Waals surface area contributed by atoms with Gasteiger partial charge in [0.25, 0.3) is 0 Å². The molecule has 0 atom stereocenters. The SMILES string of the molecule is Cc1ccc2ccc3c(-c4c5ccccc5c(-c5ccc(OC(F)(F)F)cc5)c5ccccc45)ccc4ccc1c2c43. The number of alkyl halides is 3. The van der Waals surface area contributed by atoms with Gasteiger partial charge >= 0.3 is 6.36 Å². The first-order valence-electron chi connectivity index (χ1n) is 13.8. The molecule has 0 spiro atoms. The normalized spacial score (nSPS) is 12.3. The molecule has 0 fully saturated rings. The molecule has 8 aromatic carbocycles. The summed E-state index contributed by atoms with van der Waals surface area (Å²) in [4.78, 5) is 0.